The van der Waals surface area contributed by atoms with E-state index in [1.54, 1.807) is 0 Å². The third kappa shape index (κ3) is 2.64. The molecule has 0 spiro atoms. The van der Waals surface area contributed by atoms with Crippen LogP contribution in [0.1, 0.15) is 29.6 Å². The molecule has 23 heavy (non-hydrogen) atoms. The number of carbonyl (C=O) groups is 1. The van der Waals surface area contributed by atoms with Gasteiger partial charge >= 0.3 is 0 Å². The lowest BCUT2D eigenvalue weighted by atomic mass is 9.98. The smallest absolute Gasteiger partial charge is 0.258 e. The molecule has 1 amide bonds. The molecule has 1 aromatic heterocycles. The maximum Gasteiger partial charge on any atom is 0.258 e. The fourth-order valence-electron chi connectivity index (χ4n) is 3.53. The summed E-state index contributed by atoms with van der Waals surface area (Å²) in [6.07, 6.45) is 3.20. The van der Waals surface area contributed by atoms with Crippen LogP contribution in [-0.4, -0.2) is 36.7 Å². The Hall–Kier alpha value is -2.19. The summed E-state index contributed by atoms with van der Waals surface area (Å²) in [4.78, 5) is 12.8. The SMILES string of the molecule is O=C(NCC1CCNCC1)c1c2n(c3ccc#cc13)CCCO2. The highest BCUT2D eigenvalue weighted by molar-refractivity contribution is 6.09. The van der Waals surface area contributed by atoms with Crippen LogP contribution in [-0.2, 0) is 6.54 Å². The van der Waals surface area contributed by atoms with Crippen molar-refractivity contribution < 1.29 is 9.53 Å². The van der Waals surface area contributed by atoms with Crippen LogP contribution < -0.4 is 15.4 Å². The molecule has 120 valence electrons. The number of hydrogen-bond acceptors (Lipinski definition) is 3. The molecule has 0 bridgehead atoms. The van der Waals surface area contributed by atoms with E-state index in [0.717, 1.165) is 56.3 Å². The second kappa shape index (κ2) is 6.13. The average Bonchev–Trinajstić information content (AvgIpc) is 2.95. The summed E-state index contributed by atoms with van der Waals surface area (Å²) in [5, 5.41) is 7.27. The number of ether oxygens (including phenoxy) is 1. The van der Waals surface area contributed by atoms with Crippen LogP contribution in [0.3, 0.4) is 0 Å². The zero-order valence-electron chi connectivity index (χ0n) is 13.2. The molecule has 2 N–H and O–H groups in total. The summed E-state index contributed by atoms with van der Waals surface area (Å²) in [5.41, 5.74) is 1.62. The Morgan fingerprint density at radius 2 is 2.30 bits per heavy atom. The Balaban J connectivity index is 1.61. The van der Waals surface area contributed by atoms with E-state index >= 15 is 0 Å². The summed E-state index contributed by atoms with van der Waals surface area (Å²) in [7, 11) is 0. The van der Waals surface area contributed by atoms with Gasteiger partial charge in [0, 0.05) is 13.1 Å². The normalized spacial score (nSPS) is 18.1. The van der Waals surface area contributed by atoms with E-state index in [-0.39, 0.29) is 5.91 Å². The summed E-state index contributed by atoms with van der Waals surface area (Å²) in [6.45, 7) is 4.34. The highest BCUT2D eigenvalue weighted by Crippen LogP contribution is 2.33. The summed E-state index contributed by atoms with van der Waals surface area (Å²) in [6, 6.07) is 9.88. The summed E-state index contributed by atoms with van der Waals surface area (Å²) >= 11 is 0. The van der Waals surface area contributed by atoms with Gasteiger partial charge < -0.3 is 19.9 Å². The van der Waals surface area contributed by atoms with Crippen molar-refractivity contribution in [2.75, 3.05) is 26.2 Å². The van der Waals surface area contributed by atoms with Gasteiger partial charge in [-0.1, -0.05) is 12.1 Å². The minimum atomic E-state index is -0.0555. The number of nitrogens with zero attached hydrogens (tertiary/aromatic N) is 1. The fourth-order valence-corrected chi connectivity index (χ4v) is 3.53. The van der Waals surface area contributed by atoms with Gasteiger partial charge in [0.1, 0.15) is 5.56 Å². The molecule has 0 radical (unpaired) electrons. The molecule has 1 aromatic carbocycles. The van der Waals surface area contributed by atoms with Crippen molar-refractivity contribution in [1.82, 2.24) is 15.2 Å². The Morgan fingerprint density at radius 1 is 1.43 bits per heavy atom. The van der Waals surface area contributed by atoms with Crippen LogP contribution in [0.15, 0.2) is 12.1 Å². The first-order chi connectivity index (χ1) is 11.3. The standard InChI is InChI=1S/C18H21N3O2/c22-17(20-12-13-6-8-19-9-7-13)16-14-4-1-2-5-15(14)21-10-3-11-23-18(16)21/h2,5,13,19H,3,6-12H2,(H,20,22). The molecule has 2 aliphatic rings. The van der Waals surface area contributed by atoms with E-state index in [1.807, 2.05) is 12.1 Å². The predicted molar refractivity (Wildman–Crippen MR) is 87.6 cm³/mol. The molecule has 0 unspecified atom stereocenters. The number of amides is 1. The van der Waals surface area contributed by atoms with Gasteiger partial charge in [-0.2, -0.15) is 0 Å². The second-order valence-electron chi connectivity index (χ2n) is 6.30. The molecular weight excluding hydrogens is 290 g/mol. The molecule has 2 aromatic rings. The van der Waals surface area contributed by atoms with Gasteiger partial charge in [0.15, 0.2) is 0 Å². The van der Waals surface area contributed by atoms with Crippen molar-refractivity contribution in [1.29, 1.82) is 0 Å². The second-order valence-corrected chi connectivity index (χ2v) is 6.30. The Kier molecular flexibility index (Phi) is 3.84. The van der Waals surface area contributed by atoms with Crippen molar-refractivity contribution in [2.45, 2.75) is 25.8 Å². The minimum absolute atomic E-state index is 0.0555. The van der Waals surface area contributed by atoms with E-state index < -0.39 is 0 Å². The topological polar surface area (TPSA) is 55.3 Å². The van der Waals surface area contributed by atoms with Gasteiger partial charge in [0.2, 0.25) is 5.88 Å². The molecule has 0 saturated carbocycles. The summed E-state index contributed by atoms with van der Waals surface area (Å²) in [5.74, 6) is 1.19. The number of hydrogen-bond donors (Lipinski definition) is 2. The number of piperidine rings is 1. The zero-order chi connectivity index (χ0) is 15.6. The molecule has 3 heterocycles. The molecule has 0 atom stereocenters. The van der Waals surface area contributed by atoms with Crippen LogP contribution in [0, 0.1) is 18.1 Å². The number of aryl methyl sites for hydroxylation is 1. The van der Waals surface area contributed by atoms with Crippen LogP contribution in [0.25, 0.3) is 10.9 Å². The molecule has 1 saturated heterocycles. The molecule has 5 heteroatoms. The van der Waals surface area contributed by atoms with Crippen LogP contribution in [0.4, 0.5) is 0 Å². The first-order valence-electron chi connectivity index (χ1n) is 8.41. The molecule has 0 aliphatic carbocycles. The Morgan fingerprint density at radius 3 is 3.17 bits per heavy atom. The third-order valence-electron chi connectivity index (χ3n) is 4.78. The van der Waals surface area contributed by atoms with Crippen LogP contribution in [0.5, 0.6) is 5.88 Å². The van der Waals surface area contributed by atoms with Crippen LogP contribution >= 0.6 is 0 Å². The third-order valence-corrected chi connectivity index (χ3v) is 4.78. The van der Waals surface area contributed by atoms with Crippen molar-refractivity contribution in [3.8, 4) is 5.88 Å². The number of fused-ring (bicyclic) bond motifs is 3. The largest absolute Gasteiger partial charge is 0.478 e. The van der Waals surface area contributed by atoms with Gasteiger partial charge in [-0.05, 0) is 50.4 Å². The monoisotopic (exact) mass is 311 g/mol. The van der Waals surface area contributed by atoms with Gasteiger partial charge in [0.25, 0.3) is 5.91 Å². The van der Waals surface area contributed by atoms with E-state index in [1.165, 1.54) is 0 Å². The van der Waals surface area contributed by atoms with E-state index in [4.69, 9.17) is 4.74 Å². The van der Waals surface area contributed by atoms with Gasteiger partial charge in [-0.15, -0.1) is 0 Å². The molecular formula is C18H21N3O2. The van der Waals surface area contributed by atoms with Gasteiger partial charge in [-0.25, -0.2) is 0 Å². The van der Waals surface area contributed by atoms with E-state index in [0.29, 0.717) is 24.0 Å². The predicted octanol–water partition coefficient (Wildman–Crippen LogP) is 1.75. The molecule has 2 aliphatic heterocycles. The maximum atomic E-state index is 12.8. The quantitative estimate of drug-likeness (QED) is 0.908. The highest BCUT2D eigenvalue weighted by Gasteiger charge is 2.26. The lowest BCUT2D eigenvalue weighted by Gasteiger charge is -2.23. The van der Waals surface area contributed by atoms with Crippen molar-refractivity contribution in [3.05, 3.63) is 29.8 Å². The molecule has 5 nitrogen and oxygen atoms in total. The molecule has 4 rings (SSSR count). The van der Waals surface area contributed by atoms with Gasteiger partial charge in [0.05, 0.1) is 17.5 Å². The first-order valence-corrected chi connectivity index (χ1v) is 8.41. The Bertz CT molecular complexity index is 716. The number of nitrogens with one attached hydrogen (secondary N) is 2. The van der Waals surface area contributed by atoms with Crippen molar-refractivity contribution in [3.63, 3.8) is 0 Å². The van der Waals surface area contributed by atoms with Gasteiger partial charge in [-0.3, -0.25) is 4.79 Å². The zero-order valence-corrected chi connectivity index (χ0v) is 13.2. The van der Waals surface area contributed by atoms with Crippen molar-refractivity contribution in [2.24, 2.45) is 5.92 Å². The minimum Gasteiger partial charge on any atom is -0.478 e. The molecule has 1 fully saturated rings. The summed E-state index contributed by atoms with van der Waals surface area (Å²) < 4.78 is 7.90. The lowest BCUT2D eigenvalue weighted by Crippen LogP contribution is -2.36. The average molecular weight is 311 g/mol. The Labute approximate surface area is 136 Å². The number of rotatable bonds is 3. The van der Waals surface area contributed by atoms with E-state index in [9.17, 15) is 4.79 Å². The van der Waals surface area contributed by atoms with Crippen LogP contribution in [0.2, 0.25) is 0 Å². The highest BCUT2D eigenvalue weighted by atomic mass is 16.5. The number of aromatic nitrogens is 1. The maximum absolute atomic E-state index is 12.8. The number of carbonyl (C=O) groups excluding carboxylic acids is 1. The lowest BCUT2D eigenvalue weighted by molar-refractivity contribution is 0.0939. The van der Waals surface area contributed by atoms with Crippen molar-refractivity contribution >= 4 is 16.8 Å². The fraction of sp³-hybridized carbons (Fsp3) is 0.500. The van der Waals surface area contributed by atoms with E-state index in [2.05, 4.69) is 27.3 Å². The first kappa shape index (κ1) is 14.4.